The Hall–Kier alpha value is -1.64. The number of nitrogens with zero attached hydrogens (tertiary/aromatic N) is 1. The van der Waals surface area contributed by atoms with Gasteiger partial charge in [0.1, 0.15) is 0 Å². The van der Waals surface area contributed by atoms with Crippen molar-refractivity contribution in [1.82, 2.24) is 4.98 Å². The van der Waals surface area contributed by atoms with E-state index in [-0.39, 0.29) is 5.97 Å². The van der Waals surface area contributed by atoms with E-state index in [2.05, 4.69) is 11.9 Å². The first-order valence-electron chi connectivity index (χ1n) is 5.50. The second kappa shape index (κ2) is 6.77. The van der Waals surface area contributed by atoms with Gasteiger partial charge in [0.25, 0.3) is 0 Å². The van der Waals surface area contributed by atoms with E-state index in [0.717, 1.165) is 24.1 Å². The van der Waals surface area contributed by atoms with Gasteiger partial charge in [-0.25, -0.2) is 4.79 Å². The van der Waals surface area contributed by atoms with Crippen LogP contribution >= 0.6 is 0 Å². The zero-order valence-corrected chi connectivity index (χ0v) is 9.77. The zero-order chi connectivity index (χ0) is 11.8. The lowest BCUT2D eigenvalue weighted by atomic mass is 10.2. The lowest BCUT2D eigenvalue weighted by Crippen LogP contribution is -2.01. The van der Waals surface area contributed by atoms with Gasteiger partial charge < -0.3 is 4.74 Å². The molecule has 16 heavy (non-hydrogen) atoms. The summed E-state index contributed by atoms with van der Waals surface area (Å²) in [4.78, 5) is 15.4. The van der Waals surface area contributed by atoms with Gasteiger partial charge in [-0.3, -0.25) is 4.98 Å². The molecule has 1 heterocycles. The van der Waals surface area contributed by atoms with Crippen LogP contribution < -0.4 is 0 Å². The first kappa shape index (κ1) is 12.4. The van der Waals surface area contributed by atoms with Gasteiger partial charge in [-0.2, -0.15) is 0 Å². The van der Waals surface area contributed by atoms with Crippen molar-refractivity contribution in [3.05, 3.63) is 35.7 Å². The van der Waals surface area contributed by atoms with Crippen molar-refractivity contribution >= 4 is 12.0 Å². The Morgan fingerprint density at radius 3 is 3.06 bits per heavy atom. The summed E-state index contributed by atoms with van der Waals surface area (Å²) >= 11 is 0. The molecule has 3 heteroatoms. The molecule has 1 aromatic rings. The summed E-state index contributed by atoms with van der Waals surface area (Å²) in [6.45, 7) is 4.53. The monoisotopic (exact) mass is 219 g/mol. The van der Waals surface area contributed by atoms with Gasteiger partial charge in [0.2, 0.25) is 0 Å². The zero-order valence-electron chi connectivity index (χ0n) is 9.77. The van der Waals surface area contributed by atoms with Crippen LogP contribution in [0.15, 0.2) is 24.4 Å². The van der Waals surface area contributed by atoms with Crippen LogP contribution in [-0.2, 0) is 9.53 Å². The Bertz CT molecular complexity index is 372. The molecule has 0 saturated heterocycles. The van der Waals surface area contributed by atoms with Crippen molar-refractivity contribution in [3.8, 4) is 0 Å². The molecule has 0 spiro atoms. The minimum Gasteiger partial charge on any atom is -0.463 e. The quantitative estimate of drug-likeness (QED) is 0.434. The molecule has 0 unspecified atom stereocenters. The maximum absolute atomic E-state index is 11.2. The van der Waals surface area contributed by atoms with E-state index in [1.807, 2.05) is 19.1 Å². The number of rotatable bonds is 5. The highest BCUT2D eigenvalue weighted by Crippen LogP contribution is 2.02. The highest BCUT2D eigenvalue weighted by molar-refractivity contribution is 5.86. The summed E-state index contributed by atoms with van der Waals surface area (Å²) in [6, 6.07) is 3.83. The van der Waals surface area contributed by atoms with Gasteiger partial charge in [-0.1, -0.05) is 13.3 Å². The van der Waals surface area contributed by atoms with Crippen molar-refractivity contribution in [2.75, 3.05) is 6.61 Å². The number of hydrogen-bond donors (Lipinski definition) is 0. The van der Waals surface area contributed by atoms with Crippen LogP contribution in [-0.4, -0.2) is 17.6 Å². The molecule has 86 valence electrons. The maximum atomic E-state index is 11.2. The molecule has 1 aromatic heterocycles. The van der Waals surface area contributed by atoms with E-state index >= 15 is 0 Å². The van der Waals surface area contributed by atoms with E-state index in [9.17, 15) is 4.79 Å². The summed E-state index contributed by atoms with van der Waals surface area (Å²) in [7, 11) is 0. The number of carbonyl (C=O) groups is 1. The van der Waals surface area contributed by atoms with E-state index < -0.39 is 0 Å². The summed E-state index contributed by atoms with van der Waals surface area (Å²) in [6.07, 6.45) is 6.73. The molecule has 3 nitrogen and oxygen atoms in total. The molecule has 0 N–H and O–H groups in total. The van der Waals surface area contributed by atoms with Crippen LogP contribution in [0.25, 0.3) is 6.08 Å². The van der Waals surface area contributed by atoms with Gasteiger partial charge >= 0.3 is 5.97 Å². The van der Waals surface area contributed by atoms with Crippen LogP contribution in [0.3, 0.4) is 0 Å². The van der Waals surface area contributed by atoms with E-state index in [4.69, 9.17) is 4.74 Å². The van der Waals surface area contributed by atoms with E-state index in [1.54, 1.807) is 12.3 Å². The Kier molecular flexibility index (Phi) is 5.26. The van der Waals surface area contributed by atoms with Crippen LogP contribution in [0.1, 0.15) is 31.0 Å². The summed E-state index contributed by atoms with van der Waals surface area (Å²) in [5.74, 6) is -0.309. The Balaban J connectivity index is 2.44. The number of hydrogen-bond acceptors (Lipinski definition) is 3. The predicted molar refractivity (Wildman–Crippen MR) is 63.9 cm³/mol. The number of unbranched alkanes of at least 4 members (excludes halogenated alkanes) is 1. The highest BCUT2D eigenvalue weighted by Gasteiger charge is 1.96. The number of carbonyl (C=O) groups excluding carboxylic acids is 1. The first-order chi connectivity index (χ1) is 7.72. The van der Waals surface area contributed by atoms with Gasteiger partial charge in [0, 0.05) is 12.3 Å². The van der Waals surface area contributed by atoms with Crippen LogP contribution in [0, 0.1) is 6.92 Å². The lowest BCUT2D eigenvalue weighted by molar-refractivity contribution is -0.137. The topological polar surface area (TPSA) is 39.2 Å². The Labute approximate surface area is 96.2 Å². The molecule has 0 amide bonds. The van der Waals surface area contributed by atoms with Crippen LogP contribution in [0.4, 0.5) is 0 Å². The first-order valence-corrected chi connectivity index (χ1v) is 5.50. The van der Waals surface area contributed by atoms with Crippen molar-refractivity contribution in [3.63, 3.8) is 0 Å². The summed E-state index contributed by atoms with van der Waals surface area (Å²) in [5, 5.41) is 0. The fraction of sp³-hybridized carbons (Fsp3) is 0.385. The summed E-state index contributed by atoms with van der Waals surface area (Å²) < 4.78 is 4.98. The minimum atomic E-state index is -0.309. The SMILES string of the molecule is CCCCOC(=O)/C=C/c1cc(C)ccn1. The third kappa shape index (κ3) is 4.73. The van der Waals surface area contributed by atoms with Gasteiger partial charge in [-0.05, 0) is 37.1 Å². The predicted octanol–water partition coefficient (Wildman–Crippen LogP) is 2.75. The molecular weight excluding hydrogens is 202 g/mol. The number of ether oxygens (including phenoxy) is 1. The molecule has 0 aliphatic rings. The normalized spacial score (nSPS) is 10.6. The van der Waals surface area contributed by atoms with Crippen LogP contribution in [0.2, 0.25) is 0 Å². The maximum Gasteiger partial charge on any atom is 0.330 e. The molecule has 0 aromatic carbocycles. The molecule has 0 aliphatic carbocycles. The summed E-state index contributed by atoms with van der Waals surface area (Å²) in [5.41, 5.74) is 1.89. The third-order valence-corrected chi connectivity index (χ3v) is 2.07. The molecule has 0 bridgehead atoms. The minimum absolute atomic E-state index is 0.309. The molecule has 1 rings (SSSR count). The number of esters is 1. The molecule has 0 radical (unpaired) electrons. The molecular formula is C13H17NO2. The van der Waals surface area contributed by atoms with Gasteiger partial charge in [0.05, 0.1) is 12.3 Å². The van der Waals surface area contributed by atoms with Crippen molar-refractivity contribution in [2.45, 2.75) is 26.7 Å². The second-order valence-corrected chi connectivity index (χ2v) is 3.61. The number of pyridine rings is 1. The average Bonchev–Trinajstić information content (AvgIpc) is 2.27. The molecule has 0 aliphatic heterocycles. The van der Waals surface area contributed by atoms with E-state index in [0.29, 0.717) is 6.61 Å². The number of aromatic nitrogens is 1. The molecule has 0 saturated carbocycles. The fourth-order valence-corrected chi connectivity index (χ4v) is 1.17. The number of aryl methyl sites for hydroxylation is 1. The van der Waals surface area contributed by atoms with Crippen molar-refractivity contribution in [1.29, 1.82) is 0 Å². The standard InChI is InChI=1S/C13H17NO2/c1-3-4-9-16-13(15)6-5-12-10-11(2)7-8-14-12/h5-8,10H,3-4,9H2,1-2H3/b6-5+. The smallest absolute Gasteiger partial charge is 0.330 e. The van der Waals surface area contributed by atoms with E-state index in [1.165, 1.54) is 6.08 Å². The van der Waals surface area contributed by atoms with Crippen molar-refractivity contribution < 1.29 is 9.53 Å². The third-order valence-electron chi connectivity index (χ3n) is 2.07. The largest absolute Gasteiger partial charge is 0.463 e. The van der Waals surface area contributed by atoms with Crippen molar-refractivity contribution in [2.24, 2.45) is 0 Å². The molecule has 0 fully saturated rings. The van der Waals surface area contributed by atoms with Gasteiger partial charge in [0.15, 0.2) is 0 Å². The Morgan fingerprint density at radius 1 is 1.56 bits per heavy atom. The molecule has 0 atom stereocenters. The van der Waals surface area contributed by atoms with Gasteiger partial charge in [-0.15, -0.1) is 0 Å². The lowest BCUT2D eigenvalue weighted by Gasteiger charge is -1.99. The Morgan fingerprint density at radius 2 is 2.38 bits per heavy atom. The second-order valence-electron chi connectivity index (χ2n) is 3.61. The highest BCUT2D eigenvalue weighted by atomic mass is 16.5. The van der Waals surface area contributed by atoms with Crippen LogP contribution in [0.5, 0.6) is 0 Å². The average molecular weight is 219 g/mol. The fourth-order valence-electron chi connectivity index (χ4n) is 1.17.